The molecule has 5 rings (SSSR count). The summed E-state index contributed by atoms with van der Waals surface area (Å²) in [6, 6.07) is 20.4. The fraction of sp³-hybridized carbons (Fsp3) is 0.310. The lowest BCUT2D eigenvalue weighted by Gasteiger charge is -2.32. The summed E-state index contributed by atoms with van der Waals surface area (Å²) >= 11 is 0. The monoisotopic (exact) mass is 485 g/mol. The number of carbonyl (C=O) groups is 2. The number of methoxy groups -OCH3 is 1. The Bertz CT molecular complexity index is 1240. The smallest absolute Gasteiger partial charge is 0.411 e. The van der Waals surface area contributed by atoms with Gasteiger partial charge in [0.1, 0.15) is 6.61 Å². The Kier molecular flexibility index (Phi) is 6.91. The van der Waals surface area contributed by atoms with Gasteiger partial charge >= 0.3 is 12.1 Å². The van der Waals surface area contributed by atoms with Crippen molar-refractivity contribution in [2.24, 2.45) is 0 Å². The molecule has 1 amide bonds. The molecule has 0 unspecified atom stereocenters. The highest BCUT2D eigenvalue weighted by Crippen LogP contribution is 2.44. The molecule has 7 nitrogen and oxygen atoms in total. The van der Waals surface area contributed by atoms with Gasteiger partial charge in [0.2, 0.25) is 0 Å². The molecule has 1 aliphatic heterocycles. The molecule has 1 saturated heterocycles. The second-order valence-corrected chi connectivity index (χ2v) is 9.23. The zero-order valence-corrected chi connectivity index (χ0v) is 20.7. The minimum Gasteiger partial charge on any atom is -0.469 e. The molecule has 1 aliphatic carbocycles. The third-order valence-electron chi connectivity index (χ3n) is 7.05. The van der Waals surface area contributed by atoms with Gasteiger partial charge in [-0.1, -0.05) is 48.5 Å². The maximum atomic E-state index is 13.0. The fourth-order valence-electron chi connectivity index (χ4n) is 5.21. The summed E-state index contributed by atoms with van der Waals surface area (Å²) in [5, 5.41) is 6.30. The molecule has 0 radical (unpaired) electrons. The van der Waals surface area contributed by atoms with Gasteiger partial charge in [-0.2, -0.15) is 0 Å². The van der Waals surface area contributed by atoms with Crippen molar-refractivity contribution in [2.75, 3.05) is 50.1 Å². The zero-order valence-electron chi connectivity index (χ0n) is 20.7. The highest BCUT2D eigenvalue weighted by Gasteiger charge is 2.29. The van der Waals surface area contributed by atoms with Crippen molar-refractivity contribution in [2.45, 2.75) is 19.3 Å². The van der Waals surface area contributed by atoms with Crippen molar-refractivity contribution < 1.29 is 19.1 Å². The van der Waals surface area contributed by atoms with Gasteiger partial charge in [-0.25, -0.2) is 4.79 Å². The van der Waals surface area contributed by atoms with E-state index >= 15 is 0 Å². The van der Waals surface area contributed by atoms with Crippen molar-refractivity contribution in [3.63, 3.8) is 0 Å². The topological polar surface area (TPSA) is 79.9 Å². The molecule has 1 fully saturated rings. The third kappa shape index (κ3) is 4.79. The molecular formula is C29H31N3O4. The minimum atomic E-state index is -0.513. The van der Waals surface area contributed by atoms with Crippen molar-refractivity contribution in [1.82, 2.24) is 5.32 Å². The average Bonchev–Trinajstić information content (AvgIpc) is 3.23. The van der Waals surface area contributed by atoms with Crippen LogP contribution in [0, 0.1) is 6.92 Å². The summed E-state index contributed by atoms with van der Waals surface area (Å²) in [6.07, 6.45) is -0.378. The van der Waals surface area contributed by atoms with Crippen molar-refractivity contribution in [3.8, 4) is 11.1 Å². The number of hydrogen-bond donors (Lipinski definition) is 2. The number of esters is 1. The Hall–Kier alpha value is -3.84. The maximum Gasteiger partial charge on any atom is 0.411 e. The van der Waals surface area contributed by atoms with Gasteiger partial charge < -0.3 is 19.7 Å². The van der Waals surface area contributed by atoms with Gasteiger partial charge in [-0.3, -0.25) is 10.1 Å². The van der Waals surface area contributed by atoms with Gasteiger partial charge in [0.15, 0.2) is 0 Å². The lowest BCUT2D eigenvalue weighted by molar-refractivity contribution is -0.139. The summed E-state index contributed by atoms with van der Waals surface area (Å²) in [6.45, 7) is 5.70. The van der Waals surface area contributed by atoms with Crippen LogP contribution in [0.3, 0.4) is 0 Å². The van der Waals surface area contributed by atoms with E-state index in [1.807, 2.05) is 43.3 Å². The van der Waals surface area contributed by atoms with E-state index < -0.39 is 6.09 Å². The van der Waals surface area contributed by atoms with E-state index in [1.54, 1.807) is 0 Å². The molecule has 0 atom stereocenters. The molecular weight excluding hydrogens is 454 g/mol. The standard InChI is InChI=1S/C29H31N3O4/c1-19-26(15-20(17-28(33)35-2)16-27(19)32-13-11-30-12-14-32)31-29(34)36-18-25-23-9-5-3-7-21(23)22-8-4-6-10-24(22)25/h3-10,15-16,25,30H,11-14,17-18H2,1-2H3,(H,31,34). The predicted molar refractivity (Wildman–Crippen MR) is 141 cm³/mol. The molecule has 2 aliphatic rings. The lowest BCUT2D eigenvalue weighted by atomic mass is 9.98. The minimum absolute atomic E-state index is 0.00804. The number of ether oxygens (including phenoxy) is 2. The first-order chi connectivity index (χ1) is 17.5. The third-order valence-corrected chi connectivity index (χ3v) is 7.05. The molecule has 3 aromatic carbocycles. The number of amides is 1. The van der Waals surface area contributed by atoms with Crippen LogP contribution in [0.1, 0.15) is 28.2 Å². The van der Waals surface area contributed by atoms with E-state index in [-0.39, 0.29) is 24.9 Å². The number of rotatable bonds is 6. The highest BCUT2D eigenvalue weighted by molar-refractivity contribution is 5.88. The summed E-state index contributed by atoms with van der Waals surface area (Å²) in [5.74, 6) is -0.330. The Morgan fingerprint density at radius 2 is 1.64 bits per heavy atom. The fourth-order valence-corrected chi connectivity index (χ4v) is 5.21. The van der Waals surface area contributed by atoms with Gasteiger partial charge in [0.05, 0.1) is 13.5 Å². The number of piperazine rings is 1. The zero-order chi connectivity index (χ0) is 25.1. The quantitative estimate of drug-likeness (QED) is 0.501. The average molecular weight is 486 g/mol. The molecule has 7 heteroatoms. The van der Waals surface area contributed by atoms with E-state index in [4.69, 9.17) is 9.47 Å². The summed E-state index contributed by atoms with van der Waals surface area (Å²) < 4.78 is 10.6. The number of nitrogens with one attached hydrogen (secondary N) is 2. The molecule has 0 spiro atoms. The van der Waals surface area contributed by atoms with Crippen molar-refractivity contribution in [1.29, 1.82) is 0 Å². The molecule has 186 valence electrons. The number of hydrogen-bond acceptors (Lipinski definition) is 6. The summed E-state index contributed by atoms with van der Waals surface area (Å²) in [7, 11) is 1.38. The Balaban J connectivity index is 1.35. The highest BCUT2D eigenvalue weighted by atomic mass is 16.5. The molecule has 36 heavy (non-hydrogen) atoms. The Labute approximate surface area is 211 Å². The summed E-state index contributed by atoms with van der Waals surface area (Å²) in [5.41, 5.74) is 8.10. The molecule has 0 bridgehead atoms. The van der Waals surface area contributed by atoms with Crippen LogP contribution in [-0.2, 0) is 20.7 Å². The lowest BCUT2D eigenvalue weighted by Crippen LogP contribution is -2.43. The predicted octanol–water partition coefficient (Wildman–Crippen LogP) is 4.48. The van der Waals surface area contributed by atoms with Gasteiger partial charge in [0, 0.05) is 43.5 Å². The molecule has 0 saturated carbocycles. The van der Waals surface area contributed by atoms with Crippen LogP contribution in [0.5, 0.6) is 0 Å². The number of carbonyl (C=O) groups excluding carboxylic acids is 2. The van der Waals surface area contributed by atoms with Crippen LogP contribution >= 0.6 is 0 Å². The first kappa shape index (κ1) is 23.9. The molecule has 3 aromatic rings. The van der Waals surface area contributed by atoms with Crippen LogP contribution in [0.4, 0.5) is 16.2 Å². The van der Waals surface area contributed by atoms with Crippen LogP contribution in [-0.4, -0.2) is 52.0 Å². The van der Waals surface area contributed by atoms with Crippen LogP contribution in [0.2, 0.25) is 0 Å². The van der Waals surface area contributed by atoms with Crippen LogP contribution in [0.15, 0.2) is 60.7 Å². The van der Waals surface area contributed by atoms with Gasteiger partial charge in [-0.05, 0) is 52.4 Å². The van der Waals surface area contributed by atoms with E-state index in [2.05, 4.69) is 39.8 Å². The van der Waals surface area contributed by atoms with E-state index in [1.165, 1.54) is 29.4 Å². The number of benzene rings is 3. The Morgan fingerprint density at radius 3 is 2.28 bits per heavy atom. The SMILES string of the molecule is COC(=O)Cc1cc(NC(=O)OCC2c3ccccc3-c3ccccc32)c(C)c(N2CCNCC2)c1. The van der Waals surface area contributed by atoms with E-state index in [0.717, 1.165) is 43.0 Å². The molecule has 1 heterocycles. The van der Waals surface area contributed by atoms with E-state index in [0.29, 0.717) is 5.69 Å². The second kappa shape index (κ2) is 10.4. The largest absolute Gasteiger partial charge is 0.469 e. The Morgan fingerprint density at radius 1 is 1.00 bits per heavy atom. The van der Waals surface area contributed by atoms with Crippen LogP contribution in [0.25, 0.3) is 11.1 Å². The maximum absolute atomic E-state index is 13.0. The normalized spacial score (nSPS) is 14.7. The van der Waals surface area contributed by atoms with Crippen molar-refractivity contribution in [3.05, 3.63) is 82.9 Å². The van der Waals surface area contributed by atoms with E-state index in [9.17, 15) is 9.59 Å². The first-order valence-electron chi connectivity index (χ1n) is 12.3. The van der Waals surface area contributed by atoms with Gasteiger partial charge in [0.25, 0.3) is 0 Å². The van der Waals surface area contributed by atoms with Crippen LogP contribution < -0.4 is 15.5 Å². The second-order valence-electron chi connectivity index (χ2n) is 9.23. The molecule has 0 aromatic heterocycles. The number of anilines is 2. The number of fused-ring (bicyclic) bond motifs is 3. The van der Waals surface area contributed by atoms with Gasteiger partial charge in [-0.15, -0.1) is 0 Å². The number of nitrogens with zero attached hydrogens (tertiary/aromatic N) is 1. The van der Waals surface area contributed by atoms with Crippen molar-refractivity contribution >= 4 is 23.4 Å². The first-order valence-corrected chi connectivity index (χ1v) is 12.3. The summed E-state index contributed by atoms with van der Waals surface area (Å²) in [4.78, 5) is 27.2. The molecule has 2 N–H and O–H groups in total.